The van der Waals surface area contributed by atoms with Crippen molar-refractivity contribution >= 4 is 27.0 Å². The Labute approximate surface area is 214 Å². The maximum Gasteiger partial charge on any atom is 0.183 e. The van der Waals surface area contributed by atoms with Crippen molar-refractivity contribution in [2.24, 2.45) is 0 Å². The zero-order chi connectivity index (χ0) is 25.8. The van der Waals surface area contributed by atoms with E-state index in [1.165, 1.54) is 13.1 Å². The first kappa shape index (κ1) is 24.3. The van der Waals surface area contributed by atoms with Crippen LogP contribution in [0, 0.1) is 0 Å². The zero-order valence-corrected chi connectivity index (χ0v) is 20.9. The van der Waals surface area contributed by atoms with E-state index < -0.39 is 21.4 Å². The number of nitrogens with one attached hydrogen (secondary N) is 1. The first-order valence-electron chi connectivity index (χ1n) is 11.6. The summed E-state index contributed by atoms with van der Waals surface area (Å²) in [6.45, 7) is 1.71. The first-order valence-corrected chi connectivity index (χ1v) is 13.4. The van der Waals surface area contributed by atoms with Gasteiger partial charge in [-0.3, -0.25) is 14.8 Å². The molecule has 10 heteroatoms. The number of nitrogens with zero attached hydrogens (tertiary/aromatic N) is 5. The molecule has 37 heavy (non-hydrogen) atoms. The van der Waals surface area contributed by atoms with Gasteiger partial charge in [0.15, 0.2) is 21.5 Å². The Morgan fingerprint density at radius 1 is 1.00 bits per heavy atom. The SMILES string of the molecule is CC(=O)CS(=O)(=O)Cc1cncc(-c2nc(NCc3ccccn3)c3c(-c4ccccc4)ccn3n2)c1. The van der Waals surface area contributed by atoms with Crippen molar-refractivity contribution in [3.05, 3.63) is 96.7 Å². The van der Waals surface area contributed by atoms with Gasteiger partial charge in [0.2, 0.25) is 0 Å². The Bertz CT molecular complexity index is 1670. The third-order valence-corrected chi connectivity index (χ3v) is 7.24. The van der Waals surface area contributed by atoms with Crippen molar-refractivity contribution in [1.82, 2.24) is 24.6 Å². The van der Waals surface area contributed by atoms with E-state index in [-0.39, 0.29) is 5.75 Å². The van der Waals surface area contributed by atoms with Crippen molar-refractivity contribution in [2.75, 3.05) is 11.1 Å². The fourth-order valence-corrected chi connectivity index (χ4v) is 5.49. The molecular formula is C27H24N6O3S. The number of aromatic nitrogens is 5. The number of benzene rings is 1. The van der Waals surface area contributed by atoms with E-state index in [2.05, 4.69) is 15.3 Å². The lowest BCUT2D eigenvalue weighted by molar-refractivity contribution is -0.114. The molecule has 0 aliphatic carbocycles. The Hall–Kier alpha value is -4.44. The maximum absolute atomic E-state index is 12.3. The van der Waals surface area contributed by atoms with Crippen LogP contribution in [0.5, 0.6) is 0 Å². The molecule has 9 nitrogen and oxygen atoms in total. The lowest BCUT2D eigenvalue weighted by Gasteiger charge is -2.12. The molecule has 0 aliphatic rings. The van der Waals surface area contributed by atoms with Gasteiger partial charge in [-0.15, -0.1) is 5.10 Å². The van der Waals surface area contributed by atoms with Crippen LogP contribution in [0.1, 0.15) is 18.2 Å². The summed E-state index contributed by atoms with van der Waals surface area (Å²) in [4.78, 5) is 24.8. The number of sulfone groups is 1. The summed E-state index contributed by atoms with van der Waals surface area (Å²) >= 11 is 0. The molecule has 0 saturated carbocycles. The van der Waals surface area contributed by atoms with Crippen LogP contribution in [-0.4, -0.2) is 44.5 Å². The molecular weight excluding hydrogens is 488 g/mol. The quantitative estimate of drug-likeness (QED) is 0.315. The van der Waals surface area contributed by atoms with Crippen molar-refractivity contribution in [3.8, 4) is 22.5 Å². The molecule has 0 saturated heterocycles. The van der Waals surface area contributed by atoms with E-state index in [0.29, 0.717) is 29.3 Å². The van der Waals surface area contributed by atoms with E-state index in [0.717, 1.165) is 22.3 Å². The highest BCUT2D eigenvalue weighted by atomic mass is 32.2. The van der Waals surface area contributed by atoms with Gasteiger partial charge in [0.1, 0.15) is 17.1 Å². The van der Waals surface area contributed by atoms with Gasteiger partial charge in [0.25, 0.3) is 0 Å². The van der Waals surface area contributed by atoms with Crippen LogP contribution in [-0.2, 0) is 26.9 Å². The molecule has 1 N–H and O–H groups in total. The number of hydrogen-bond acceptors (Lipinski definition) is 8. The Kier molecular flexibility index (Phi) is 6.74. The van der Waals surface area contributed by atoms with Crippen LogP contribution in [0.3, 0.4) is 0 Å². The molecule has 0 fully saturated rings. The second kappa shape index (κ2) is 10.3. The molecule has 5 aromatic rings. The number of hydrogen-bond donors (Lipinski definition) is 1. The third-order valence-electron chi connectivity index (χ3n) is 5.62. The molecule has 1 aromatic carbocycles. The molecule has 0 amide bonds. The molecule has 186 valence electrons. The normalized spacial score (nSPS) is 11.5. The van der Waals surface area contributed by atoms with E-state index in [4.69, 9.17) is 10.1 Å². The molecule has 4 heterocycles. The van der Waals surface area contributed by atoms with Gasteiger partial charge >= 0.3 is 0 Å². The van der Waals surface area contributed by atoms with E-state index in [1.807, 2.05) is 60.8 Å². The smallest absolute Gasteiger partial charge is 0.183 e. The summed E-state index contributed by atoms with van der Waals surface area (Å²) in [5.41, 5.74) is 4.68. The Morgan fingerprint density at radius 3 is 2.57 bits per heavy atom. The van der Waals surface area contributed by atoms with Gasteiger partial charge in [-0.2, -0.15) is 0 Å². The summed E-state index contributed by atoms with van der Waals surface area (Å²) in [5, 5.41) is 8.10. The standard InChI is InChI=1S/C27H24N6O3S/c1-19(34)17-37(35,36)18-20-13-22(15-28-14-20)26-31-27(30-16-23-9-5-6-11-29-23)25-24(10-12-33(25)32-26)21-7-3-2-4-8-21/h2-15H,16-18H2,1H3,(H,30,31,32). The number of Topliss-reactive ketones (excluding diaryl/α,β-unsaturated/α-hetero) is 1. The number of fused-ring (bicyclic) bond motifs is 1. The average molecular weight is 513 g/mol. The number of pyridine rings is 2. The number of carbonyl (C=O) groups is 1. The molecule has 0 atom stereocenters. The molecule has 0 aliphatic heterocycles. The van der Waals surface area contributed by atoms with E-state index in [9.17, 15) is 13.2 Å². The monoisotopic (exact) mass is 512 g/mol. The first-order chi connectivity index (χ1) is 17.9. The van der Waals surface area contributed by atoms with Crippen molar-refractivity contribution < 1.29 is 13.2 Å². The van der Waals surface area contributed by atoms with Gasteiger partial charge in [-0.05, 0) is 42.3 Å². The van der Waals surface area contributed by atoms with Crippen molar-refractivity contribution in [2.45, 2.75) is 19.2 Å². The minimum atomic E-state index is -3.60. The summed E-state index contributed by atoms with van der Waals surface area (Å²) in [5.74, 6) is -0.211. The third kappa shape index (κ3) is 5.70. The molecule has 0 radical (unpaired) electrons. The average Bonchev–Trinajstić information content (AvgIpc) is 3.32. The minimum absolute atomic E-state index is 0.290. The second-order valence-electron chi connectivity index (χ2n) is 8.66. The summed E-state index contributed by atoms with van der Waals surface area (Å²) in [7, 11) is -3.60. The summed E-state index contributed by atoms with van der Waals surface area (Å²) in [6.07, 6.45) is 6.67. The number of anilines is 1. The van der Waals surface area contributed by atoms with Crippen LogP contribution in [0.25, 0.3) is 28.0 Å². The number of rotatable bonds is 9. The largest absolute Gasteiger partial charge is 0.363 e. The number of carbonyl (C=O) groups excluding carboxylic acids is 1. The van der Waals surface area contributed by atoms with E-state index >= 15 is 0 Å². The van der Waals surface area contributed by atoms with Crippen LogP contribution in [0.2, 0.25) is 0 Å². The molecule has 0 spiro atoms. The lowest BCUT2D eigenvalue weighted by Crippen LogP contribution is -2.15. The molecule has 0 unspecified atom stereocenters. The van der Waals surface area contributed by atoms with Gasteiger partial charge in [0.05, 0.1) is 18.0 Å². The summed E-state index contributed by atoms with van der Waals surface area (Å²) < 4.78 is 26.4. The molecule has 5 rings (SSSR count). The van der Waals surface area contributed by atoms with Gasteiger partial charge in [-0.25, -0.2) is 17.9 Å². The minimum Gasteiger partial charge on any atom is -0.363 e. The second-order valence-corrected chi connectivity index (χ2v) is 10.7. The highest BCUT2D eigenvalue weighted by molar-refractivity contribution is 7.91. The van der Waals surface area contributed by atoms with Crippen molar-refractivity contribution in [1.29, 1.82) is 0 Å². The predicted octanol–water partition coefficient (Wildman–Crippen LogP) is 3.97. The van der Waals surface area contributed by atoms with Gasteiger partial charge < -0.3 is 5.32 Å². The lowest BCUT2D eigenvalue weighted by atomic mass is 10.1. The highest BCUT2D eigenvalue weighted by Crippen LogP contribution is 2.31. The van der Waals surface area contributed by atoms with Gasteiger partial charge in [-0.1, -0.05) is 36.4 Å². The van der Waals surface area contributed by atoms with Crippen LogP contribution in [0.4, 0.5) is 5.82 Å². The molecule has 4 aromatic heterocycles. The van der Waals surface area contributed by atoms with Crippen LogP contribution < -0.4 is 5.32 Å². The predicted molar refractivity (Wildman–Crippen MR) is 141 cm³/mol. The Morgan fingerprint density at radius 2 is 1.81 bits per heavy atom. The fraction of sp³-hybridized carbons (Fsp3) is 0.148. The topological polar surface area (TPSA) is 119 Å². The number of ketones is 1. The zero-order valence-electron chi connectivity index (χ0n) is 20.1. The van der Waals surface area contributed by atoms with Crippen LogP contribution >= 0.6 is 0 Å². The highest BCUT2D eigenvalue weighted by Gasteiger charge is 2.18. The Balaban J connectivity index is 1.56. The van der Waals surface area contributed by atoms with Crippen molar-refractivity contribution in [3.63, 3.8) is 0 Å². The van der Waals surface area contributed by atoms with E-state index in [1.54, 1.807) is 23.0 Å². The van der Waals surface area contributed by atoms with Crippen LogP contribution in [0.15, 0.2) is 85.5 Å². The maximum atomic E-state index is 12.3. The fourth-order valence-electron chi connectivity index (χ4n) is 4.10. The van der Waals surface area contributed by atoms with Gasteiger partial charge in [0, 0.05) is 35.9 Å². The summed E-state index contributed by atoms with van der Waals surface area (Å²) in [6, 6.07) is 19.4. The molecule has 0 bridgehead atoms.